The minimum absolute atomic E-state index is 0.228. The number of fused-ring (bicyclic) bond motifs is 3. The molecule has 8 heteroatoms. The van der Waals surface area contributed by atoms with Crippen molar-refractivity contribution in [2.45, 2.75) is 18.5 Å². The van der Waals surface area contributed by atoms with Crippen LogP contribution in [0, 0.1) is 5.82 Å². The van der Waals surface area contributed by atoms with Gasteiger partial charge >= 0.3 is 0 Å². The highest BCUT2D eigenvalue weighted by Crippen LogP contribution is 2.41. The molecule has 2 atom stereocenters. The van der Waals surface area contributed by atoms with Crippen LogP contribution in [0.4, 0.5) is 4.39 Å². The Kier molecular flexibility index (Phi) is 6.48. The SMILES string of the molecule is CN(C)CCNC(=O)C1Cc2c([nH]c3ccccc23)C(c2ccc(F)cc2)N1C(=O)CCl. The monoisotopic (exact) mass is 456 g/mol. The predicted molar refractivity (Wildman–Crippen MR) is 123 cm³/mol. The van der Waals surface area contributed by atoms with Crippen molar-refractivity contribution >= 4 is 34.3 Å². The first-order valence-electron chi connectivity index (χ1n) is 10.5. The van der Waals surface area contributed by atoms with E-state index in [2.05, 4.69) is 10.3 Å². The van der Waals surface area contributed by atoms with Crippen LogP contribution in [0.5, 0.6) is 0 Å². The zero-order valence-corrected chi connectivity index (χ0v) is 18.8. The van der Waals surface area contributed by atoms with Gasteiger partial charge in [-0.3, -0.25) is 9.59 Å². The van der Waals surface area contributed by atoms with Gasteiger partial charge in [-0.1, -0.05) is 30.3 Å². The van der Waals surface area contributed by atoms with Gasteiger partial charge in [-0.05, 0) is 43.4 Å². The lowest BCUT2D eigenvalue weighted by Crippen LogP contribution is -2.55. The molecule has 3 aromatic rings. The van der Waals surface area contributed by atoms with E-state index in [0.29, 0.717) is 25.1 Å². The first kappa shape index (κ1) is 22.3. The number of rotatable bonds is 6. The van der Waals surface area contributed by atoms with Crippen molar-refractivity contribution in [3.63, 3.8) is 0 Å². The summed E-state index contributed by atoms with van der Waals surface area (Å²) in [6.07, 6.45) is 0.369. The first-order valence-corrected chi connectivity index (χ1v) is 11.1. The summed E-state index contributed by atoms with van der Waals surface area (Å²) in [5.41, 5.74) is 3.45. The fourth-order valence-electron chi connectivity index (χ4n) is 4.38. The van der Waals surface area contributed by atoms with Crippen LogP contribution < -0.4 is 5.32 Å². The molecule has 2 N–H and O–H groups in total. The van der Waals surface area contributed by atoms with E-state index in [1.54, 1.807) is 17.0 Å². The Labute approximate surface area is 191 Å². The molecular weight excluding hydrogens is 431 g/mol. The van der Waals surface area contributed by atoms with Gasteiger partial charge in [0.25, 0.3) is 0 Å². The molecule has 168 valence electrons. The van der Waals surface area contributed by atoms with Crippen LogP contribution in [0.25, 0.3) is 10.9 Å². The maximum atomic E-state index is 13.7. The van der Waals surface area contributed by atoms with Crippen molar-refractivity contribution in [3.8, 4) is 0 Å². The lowest BCUT2D eigenvalue weighted by atomic mass is 9.87. The maximum absolute atomic E-state index is 13.7. The van der Waals surface area contributed by atoms with Crippen LogP contribution in [0.3, 0.4) is 0 Å². The number of para-hydroxylation sites is 1. The number of benzene rings is 2. The topological polar surface area (TPSA) is 68.4 Å². The second kappa shape index (κ2) is 9.30. The zero-order valence-electron chi connectivity index (χ0n) is 18.1. The van der Waals surface area contributed by atoms with Crippen molar-refractivity contribution in [3.05, 3.63) is 71.2 Å². The highest BCUT2D eigenvalue weighted by molar-refractivity contribution is 6.27. The Morgan fingerprint density at radius 2 is 1.91 bits per heavy atom. The third-order valence-electron chi connectivity index (χ3n) is 5.88. The molecule has 0 saturated heterocycles. The van der Waals surface area contributed by atoms with Gasteiger partial charge in [-0.15, -0.1) is 11.6 Å². The van der Waals surface area contributed by atoms with E-state index in [4.69, 9.17) is 11.6 Å². The largest absolute Gasteiger partial charge is 0.356 e. The Bertz CT molecular complexity index is 1130. The first-order chi connectivity index (χ1) is 15.4. The number of aromatic amines is 1. The van der Waals surface area contributed by atoms with Gasteiger partial charge in [0.15, 0.2) is 0 Å². The fourth-order valence-corrected chi connectivity index (χ4v) is 4.52. The van der Waals surface area contributed by atoms with Crippen molar-refractivity contribution in [2.75, 3.05) is 33.1 Å². The minimum Gasteiger partial charge on any atom is -0.356 e. The maximum Gasteiger partial charge on any atom is 0.243 e. The lowest BCUT2D eigenvalue weighted by Gasteiger charge is -2.41. The van der Waals surface area contributed by atoms with Crippen molar-refractivity contribution in [1.29, 1.82) is 0 Å². The standard InChI is InChI=1S/C24H26ClFN4O2/c1-29(2)12-11-27-24(32)20-13-18-17-5-3-4-6-19(17)28-22(18)23(30(20)21(31)14-25)15-7-9-16(26)10-8-15/h3-10,20,23,28H,11-14H2,1-2H3,(H,27,32). The van der Waals surface area contributed by atoms with Crippen LogP contribution >= 0.6 is 11.6 Å². The molecule has 2 aromatic carbocycles. The molecule has 1 aliphatic heterocycles. The summed E-state index contributed by atoms with van der Waals surface area (Å²) in [5, 5.41) is 3.97. The number of likely N-dealkylation sites (N-methyl/N-ethyl adjacent to an activating group) is 1. The third kappa shape index (κ3) is 4.23. The number of hydrogen-bond acceptors (Lipinski definition) is 3. The van der Waals surface area contributed by atoms with Gasteiger partial charge in [0, 0.05) is 36.1 Å². The molecule has 0 aliphatic carbocycles. The lowest BCUT2D eigenvalue weighted by molar-refractivity contribution is -0.141. The number of aromatic nitrogens is 1. The van der Waals surface area contributed by atoms with E-state index >= 15 is 0 Å². The summed E-state index contributed by atoms with van der Waals surface area (Å²) < 4.78 is 13.7. The molecule has 2 heterocycles. The molecular formula is C24H26ClFN4O2. The number of carbonyl (C=O) groups excluding carboxylic acids is 2. The molecule has 2 unspecified atom stereocenters. The highest BCUT2D eigenvalue weighted by atomic mass is 35.5. The number of nitrogens with one attached hydrogen (secondary N) is 2. The summed E-state index contributed by atoms with van der Waals surface area (Å²) >= 11 is 5.99. The predicted octanol–water partition coefficient (Wildman–Crippen LogP) is 3.07. The number of nitrogens with zero attached hydrogens (tertiary/aromatic N) is 2. The van der Waals surface area contributed by atoms with Crippen LogP contribution in [-0.4, -0.2) is 65.7 Å². The normalized spacial score (nSPS) is 18.1. The summed E-state index contributed by atoms with van der Waals surface area (Å²) in [6, 6.07) is 12.6. The third-order valence-corrected chi connectivity index (χ3v) is 6.11. The Morgan fingerprint density at radius 3 is 2.59 bits per heavy atom. The van der Waals surface area contributed by atoms with Gasteiger partial charge < -0.3 is 20.1 Å². The molecule has 1 aliphatic rings. The molecule has 0 fully saturated rings. The summed E-state index contributed by atoms with van der Waals surface area (Å²) in [6.45, 7) is 1.15. The molecule has 2 amide bonds. The Hall–Kier alpha value is -2.90. The van der Waals surface area contributed by atoms with Gasteiger partial charge in [-0.25, -0.2) is 4.39 Å². The number of amides is 2. The molecule has 6 nitrogen and oxygen atoms in total. The second-order valence-corrected chi connectivity index (χ2v) is 8.53. The van der Waals surface area contributed by atoms with Crippen molar-refractivity contribution < 1.29 is 14.0 Å². The summed E-state index contributed by atoms with van der Waals surface area (Å²) in [5.74, 6) is -1.20. The number of carbonyl (C=O) groups is 2. The Balaban J connectivity index is 1.83. The van der Waals surface area contributed by atoms with Gasteiger partial charge in [0.2, 0.25) is 11.8 Å². The fraction of sp³-hybridized carbons (Fsp3) is 0.333. The smallest absolute Gasteiger partial charge is 0.243 e. The van der Waals surface area contributed by atoms with Crippen LogP contribution in [-0.2, 0) is 16.0 Å². The number of alkyl halides is 1. The van der Waals surface area contributed by atoms with E-state index in [-0.39, 0.29) is 23.5 Å². The van der Waals surface area contributed by atoms with E-state index < -0.39 is 12.1 Å². The van der Waals surface area contributed by atoms with E-state index in [1.807, 2.05) is 43.3 Å². The zero-order chi connectivity index (χ0) is 22.8. The van der Waals surface area contributed by atoms with E-state index in [0.717, 1.165) is 22.2 Å². The Morgan fingerprint density at radius 1 is 1.19 bits per heavy atom. The number of halogens is 2. The van der Waals surface area contributed by atoms with Gasteiger partial charge in [0.05, 0.1) is 6.04 Å². The van der Waals surface area contributed by atoms with Crippen LogP contribution in [0.2, 0.25) is 0 Å². The number of hydrogen-bond donors (Lipinski definition) is 2. The van der Waals surface area contributed by atoms with E-state index in [1.165, 1.54) is 12.1 Å². The minimum atomic E-state index is -0.731. The molecule has 32 heavy (non-hydrogen) atoms. The highest BCUT2D eigenvalue weighted by Gasteiger charge is 2.43. The molecule has 0 bridgehead atoms. The van der Waals surface area contributed by atoms with Crippen LogP contribution in [0.1, 0.15) is 22.9 Å². The molecule has 0 saturated carbocycles. The van der Waals surface area contributed by atoms with Gasteiger partial charge in [0.1, 0.15) is 17.7 Å². The second-order valence-electron chi connectivity index (χ2n) is 8.27. The molecule has 0 radical (unpaired) electrons. The molecule has 4 rings (SSSR count). The average molecular weight is 457 g/mol. The van der Waals surface area contributed by atoms with Gasteiger partial charge in [-0.2, -0.15) is 0 Å². The molecule has 0 spiro atoms. The summed E-state index contributed by atoms with van der Waals surface area (Å²) in [7, 11) is 3.86. The quantitative estimate of drug-likeness (QED) is 0.560. The van der Waals surface area contributed by atoms with E-state index in [9.17, 15) is 14.0 Å². The van der Waals surface area contributed by atoms with Crippen molar-refractivity contribution in [2.24, 2.45) is 0 Å². The average Bonchev–Trinajstić information content (AvgIpc) is 3.16. The molecule has 1 aromatic heterocycles. The summed E-state index contributed by atoms with van der Waals surface area (Å²) in [4.78, 5) is 33.3. The van der Waals surface area contributed by atoms with Crippen molar-refractivity contribution in [1.82, 2.24) is 20.1 Å². The van der Waals surface area contributed by atoms with Crippen LogP contribution in [0.15, 0.2) is 48.5 Å². The number of H-pyrrole nitrogens is 1.